The predicted molar refractivity (Wildman–Crippen MR) is 125 cm³/mol. The van der Waals surface area contributed by atoms with Gasteiger partial charge in [0.1, 0.15) is 0 Å². The van der Waals surface area contributed by atoms with E-state index in [1.807, 2.05) is 11.4 Å². The maximum Gasteiger partial charge on any atom is 0.257 e. The number of aromatic nitrogens is 4. The van der Waals surface area contributed by atoms with E-state index in [-0.39, 0.29) is 23.1 Å². The van der Waals surface area contributed by atoms with Crippen LogP contribution in [0.3, 0.4) is 0 Å². The molecule has 4 rings (SSSR count). The molecule has 1 aliphatic carbocycles. The molecule has 3 aromatic rings. The van der Waals surface area contributed by atoms with Crippen molar-refractivity contribution in [3.8, 4) is 11.1 Å². The van der Waals surface area contributed by atoms with Gasteiger partial charge in [-0.2, -0.15) is 0 Å². The molecule has 0 spiro atoms. The number of nitrogens with zero attached hydrogens (tertiary/aromatic N) is 4. The van der Waals surface area contributed by atoms with Crippen molar-refractivity contribution in [2.24, 2.45) is 0 Å². The summed E-state index contributed by atoms with van der Waals surface area (Å²) < 4.78 is 33.5. The van der Waals surface area contributed by atoms with Crippen LogP contribution >= 0.6 is 0 Å². The first kappa shape index (κ1) is 23.6. The highest BCUT2D eigenvalue weighted by Crippen LogP contribution is 2.37. The zero-order valence-corrected chi connectivity index (χ0v) is 19.8. The second-order valence-corrected chi connectivity index (χ2v) is 10.3. The van der Waals surface area contributed by atoms with Crippen molar-refractivity contribution in [1.82, 2.24) is 24.3 Å². The highest BCUT2D eigenvalue weighted by Gasteiger charge is 2.26. The Morgan fingerprint density at radius 2 is 1.97 bits per heavy atom. The van der Waals surface area contributed by atoms with E-state index in [0.717, 1.165) is 48.0 Å². The van der Waals surface area contributed by atoms with Crippen LogP contribution in [-0.4, -0.2) is 66.0 Å². The van der Waals surface area contributed by atoms with Crippen molar-refractivity contribution >= 4 is 21.5 Å². The Morgan fingerprint density at radius 1 is 1.21 bits per heavy atom. The largest absolute Gasteiger partial charge is 0.393 e. The number of ether oxygens (including phenoxy) is 1. The molecule has 33 heavy (non-hydrogen) atoms. The first-order chi connectivity index (χ1) is 15.8. The Labute approximate surface area is 193 Å². The lowest BCUT2D eigenvalue weighted by Crippen LogP contribution is -2.23. The van der Waals surface area contributed by atoms with Gasteiger partial charge in [-0.05, 0) is 57.9 Å². The fourth-order valence-electron chi connectivity index (χ4n) is 4.29. The lowest BCUT2D eigenvalue weighted by molar-refractivity contribution is 0.121. The van der Waals surface area contributed by atoms with Crippen molar-refractivity contribution in [2.75, 3.05) is 26.1 Å². The third kappa shape index (κ3) is 5.01. The zero-order chi connectivity index (χ0) is 23.6. The van der Waals surface area contributed by atoms with Gasteiger partial charge >= 0.3 is 0 Å². The molecule has 3 N–H and O–H groups in total. The lowest BCUT2D eigenvalue weighted by Gasteiger charge is -2.25. The molecule has 0 unspecified atom stereocenters. The van der Waals surface area contributed by atoms with E-state index in [0.29, 0.717) is 12.6 Å². The lowest BCUT2D eigenvalue weighted by atomic mass is 9.85. The molecule has 1 saturated carbocycles. The summed E-state index contributed by atoms with van der Waals surface area (Å²) in [5.41, 5.74) is 3.52. The molecule has 178 valence electrons. The summed E-state index contributed by atoms with van der Waals surface area (Å²) in [7, 11) is -0.605. The normalized spacial score (nSPS) is 20.1. The van der Waals surface area contributed by atoms with Gasteiger partial charge in [0.25, 0.3) is 10.0 Å². The van der Waals surface area contributed by atoms with Crippen LogP contribution in [0.2, 0.25) is 0 Å². The highest BCUT2D eigenvalue weighted by atomic mass is 32.2. The van der Waals surface area contributed by atoms with Crippen molar-refractivity contribution < 1.29 is 18.3 Å². The Hall–Kier alpha value is -2.60. The Balaban J connectivity index is 1.76. The monoisotopic (exact) mass is 474 g/mol. The first-order valence-corrected chi connectivity index (χ1v) is 12.5. The summed E-state index contributed by atoms with van der Waals surface area (Å²) in [5, 5.41) is 17.9. The van der Waals surface area contributed by atoms with E-state index in [4.69, 9.17) is 9.84 Å². The molecular weight excluding hydrogens is 444 g/mol. The van der Waals surface area contributed by atoms with Crippen LogP contribution in [-0.2, 0) is 14.8 Å². The third-order valence-corrected chi connectivity index (χ3v) is 7.37. The molecular formula is C22H30N6O4S. The average molecular weight is 475 g/mol. The molecule has 3 heterocycles. The van der Waals surface area contributed by atoms with Gasteiger partial charge in [-0.3, -0.25) is 0 Å². The molecule has 1 aliphatic rings. The molecule has 0 bridgehead atoms. The summed E-state index contributed by atoms with van der Waals surface area (Å²) in [6.45, 7) is 2.52. The SMILES string of the molecule is CNS(=O)(=O)c1ccc(-c2cc([C@H]3CC[C@H](O)CC3)n3nc(N[C@@H](C)COC)ncc23)cn1. The number of aliphatic hydroxyl groups is 1. The smallest absolute Gasteiger partial charge is 0.257 e. The maximum absolute atomic E-state index is 12.0. The number of hydrogen-bond donors (Lipinski definition) is 3. The van der Waals surface area contributed by atoms with E-state index >= 15 is 0 Å². The Bertz CT molecular complexity index is 1200. The van der Waals surface area contributed by atoms with Crippen LogP contribution in [0.1, 0.15) is 44.2 Å². The van der Waals surface area contributed by atoms with E-state index in [9.17, 15) is 13.5 Å². The van der Waals surface area contributed by atoms with Crippen molar-refractivity contribution in [3.63, 3.8) is 0 Å². The molecule has 0 aromatic carbocycles. The molecule has 0 saturated heterocycles. The van der Waals surface area contributed by atoms with E-state index in [2.05, 4.69) is 26.1 Å². The van der Waals surface area contributed by atoms with Gasteiger partial charge in [-0.25, -0.2) is 27.6 Å². The minimum atomic E-state index is -3.61. The Kier molecular flexibility index (Phi) is 6.94. The van der Waals surface area contributed by atoms with Gasteiger partial charge in [0, 0.05) is 42.1 Å². The van der Waals surface area contributed by atoms with Crippen LogP contribution in [0.15, 0.2) is 35.6 Å². The summed E-state index contributed by atoms with van der Waals surface area (Å²) in [4.78, 5) is 8.64. The second-order valence-electron chi connectivity index (χ2n) is 8.46. The molecule has 0 amide bonds. The fraction of sp³-hybridized carbons (Fsp3) is 0.500. The number of pyridine rings is 1. The van der Waals surface area contributed by atoms with Gasteiger partial charge in [-0.1, -0.05) is 0 Å². The van der Waals surface area contributed by atoms with Crippen molar-refractivity contribution in [3.05, 3.63) is 36.3 Å². The average Bonchev–Trinajstić information content (AvgIpc) is 3.18. The van der Waals surface area contributed by atoms with E-state index in [1.54, 1.807) is 25.6 Å². The first-order valence-electron chi connectivity index (χ1n) is 11.0. The number of rotatable bonds is 8. The third-order valence-electron chi connectivity index (χ3n) is 6.04. The maximum atomic E-state index is 12.0. The zero-order valence-electron chi connectivity index (χ0n) is 19.0. The van der Waals surface area contributed by atoms with Crippen LogP contribution in [0.25, 0.3) is 16.6 Å². The molecule has 10 nitrogen and oxygen atoms in total. The van der Waals surface area contributed by atoms with Crippen LogP contribution in [0.4, 0.5) is 5.95 Å². The van der Waals surface area contributed by atoms with E-state index < -0.39 is 10.0 Å². The quantitative estimate of drug-likeness (QED) is 0.453. The number of aliphatic hydroxyl groups excluding tert-OH is 1. The molecule has 3 aromatic heterocycles. The fourth-order valence-corrected chi connectivity index (χ4v) is 4.94. The van der Waals surface area contributed by atoms with Gasteiger partial charge in [0.2, 0.25) is 5.95 Å². The van der Waals surface area contributed by atoms with Gasteiger partial charge in [0.15, 0.2) is 5.03 Å². The van der Waals surface area contributed by atoms with Crippen LogP contribution in [0.5, 0.6) is 0 Å². The van der Waals surface area contributed by atoms with Gasteiger partial charge in [-0.15, -0.1) is 5.10 Å². The number of methoxy groups -OCH3 is 1. The highest BCUT2D eigenvalue weighted by molar-refractivity contribution is 7.89. The van der Waals surface area contributed by atoms with Gasteiger partial charge in [0.05, 0.1) is 24.4 Å². The molecule has 0 radical (unpaired) electrons. The van der Waals surface area contributed by atoms with Gasteiger partial charge < -0.3 is 15.2 Å². The number of hydrogen-bond acceptors (Lipinski definition) is 8. The second kappa shape index (κ2) is 9.72. The Morgan fingerprint density at radius 3 is 2.61 bits per heavy atom. The summed E-state index contributed by atoms with van der Waals surface area (Å²) >= 11 is 0. The summed E-state index contributed by atoms with van der Waals surface area (Å²) in [5.74, 6) is 0.755. The number of sulfonamides is 1. The number of fused-ring (bicyclic) bond motifs is 1. The van der Waals surface area contributed by atoms with Crippen molar-refractivity contribution in [2.45, 2.75) is 55.7 Å². The number of anilines is 1. The molecule has 11 heteroatoms. The molecule has 1 atom stereocenters. The van der Waals surface area contributed by atoms with Crippen LogP contribution in [0, 0.1) is 0 Å². The molecule has 0 aliphatic heterocycles. The minimum absolute atomic E-state index is 0.0337. The van der Waals surface area contributed by atoms with Crippen LogP contribution < -0.4 is 10.0 Å². The molecule has 1 fully saturated rings. The standard InChI is InChI=1S/C22H30N6O4S/c1-14(13-32-3)26-22-25-12-20-18(16-6-9-21(24-11-16)33(30,31)23-2)10-19(28(20)27-22)15-4-7-17(29)8-5-15/h6,9-12,14-15,17,23,29H,4-5,7-8,13H2,1-3H3,(H,26,27)/t14-,15-,17-/m0/s1. The predicted octanol–water partition coefficient (Wildman–Crippen LogP) is 2.16. The topological polar surface area (TPSA) is 131 Å². The summed E-state index contributed by atoms with van der Waals surface area (Å²) in [6.07, 6.45) is 6.33. The number of nitrogens with one attached hydrogen (secondary N) is 2. The van der Waals surface area contributed by atoms with E-state index in [1.165, 1.54) is 13.1 Å². The summed E-state index contributed by atoms with van der Waals surface area (Å²) in [6, 6.07) is 5.36. The van der Waals surface area contributed by atoms with Crippen molar-refractivity contribution in [1.29, 1.82) is 0 Å². The minimum Gasteiger partial charge on any atom is -0.393 e.